The molecule has 0 atom stereocenters. The first-order valence-electron chi connectivity index (χ1n) is 10.1. The largest absolute Gasteiger partial charge is 1.00 e. The van der Waals surface area contributed by atoms with E-state index in [-0.39, 0.29) is 17.0 Å². The summed E-state index contributed by atoms with van der Waals surface area (Å²) >= 11 is 0. The topological polar surface area (TPSA) is 12.0 Å². The van der Waals surface area contributed by atoms with Crippen LogP contribution in [0.4, 0.5) is 0 Å². The van der Waals surface area contributed by atoms with Crippen molar-refractivity contribution < 1.29 is 21.5 Å². The minimum absolute atomic E-state index is 0. The highest BCUT2D eigenvalue weighted by Crippen LogP contribution is 2.11. The standard InChI is InChI=1S/C20H45N2.BrH/c1-5-6-7-8-9-10-11-12-13-14-15-16-18-21-19-17-20-22(2,3)4;/h21H,5-20H2,1-4H3;1H/q+1;/p-1. The van der Waals surface area contributed by atoms with Crippen molar-refractivity contribution >= 4 is 0 Å². The predicted octanol–water partition coefficient (Wildman–Crippen LogP) is 2.38. The molecule has 0 aromatic rings. The van der Waals surface area contributed by atoms with Crippen molar-refractivity contribution in [3.8, 4) is 0 Å². The lowest BCUT2D eigenvalue weighted by Crippen LogP contribution is -3.00. The Kier molecular flexibility index (Phi) is 20.9. The highest BCUT2D eigenvalue weighted by molar-refractivity contribution is 4.51. The molecule has 2 nitrogen and oxygen atoms in total. The zero-order valence-electron chi connectivity index (χ0n) is 16.6. The highest BCUT2D eigenvalue weighted by Gasteiger charge is 2.04. The molecule has 0 fully saturated rings. The van der Waals surface area contributed by atoms with Crippen LogP contribution in [-0.4, -0.2) is 45.3 Å². The van der Waals surface area contributed by atoms with Crippen molar-refractivity contribution in [1.29, 1.82) is 0 Å². The molecule has 0 unspecified atom stereocenters. The van der Waals surface area contributed by atoms with Crippen LogP contribution in [-0.2, 0) is 0 Å². The van der Waals surface area contributed by atoms with Gasteiger partial charge in [-0.3, -0.25) is 0 Å². The maximum atomic E-state index is 3.58. The van der Waals surface area contributed by atoms with Gasteiger partial charge in [-0.05, 0) is 13.0 Å². The van der Waals surface area contributed by atoms with E-state index >= 15 is 0 Å². The smallest absolute Gasteiger partial charge is 0.0792 e. The minimum atomic E-state index is 0. The number of hydrogen-bond acceptors (Lipinski definition) is 1. The monoisotopic (exact) mass is 392 g/mol. The van der Waals surface area contributed by atoms with Crippen LogP contribution in [0.25, 0.3) is 0 Å². The fraction of sp³-hybridized carbons (Fsp3) is 1.00. The molecule has 0 saturated heterocycles. The van der Waals surface area contributed by atoms with Gasteiger partial charge in [0, 0.05) is 13.0 Å². The van der Waals surface area contributed by atoms with Gasteiger partial charge in [-0.25, -0.2) is 0 Å². The molecule has 23 heavy (non-hydrogen) atoms. The summed E-state index contributed by atoms with van der Waals surface area (Å²) in [6.45, 7) is 5.97. The number of rotatable bonds is 17. The Balaban J connectivity index is 0. The average molecular weight is 393 g/mol. The molecule has 0 heterocycles. The molecule has 0 aliphatic carbocycles. The van der Waals surface area contributed by atoms with Crippen molar-refractivity contribution in [2.75, 3.05) is 40.8 Å². The number of quaternary nitrogens is 1. The summed E-state index contributed by atoms with van der Waals surface area (Å²) in [5.74, 6) is 0. The quantitative estimate of drug-likeness (QED) is 0.296. The molecule has 0 saturated carbocycles. The zero-order valence-corrected chi connectivity index (χ0v) is 18.2. The zero-order chi connectivity index (χ0) is 16.5. The van der Waals surface area contributed by atoms with Crippen LogP contribution in [0.5, 0.6) is 0 Å². The molecular formula is C20H45BrN2. The Labute approximate surface area is 158 Å². The maximum absolute atomic E-state index is 3.58. The number of halogens is 1. The molecule has 0 rings (SSSR count). The van der Waals surface area contributed by atoms with Crippen LogP contribution in [0.3, 0.4) is 0 Å². The lowest BCUT2D eigenvalue weighted by Gasteiger charge is -2.23. The molecule has 0 aliphatic rings. The first kappa shape index (κ1) is 25.6. The van der Waals surface area contributed by atoms with E-state index in [9.17, 15) is 0 Å². The third kappa shape index (κ3) is 24.8. The van der Waals surface area contributed by atoms with Gasteiger partial charge in [-0.15, -0.1) is 0 Å². The molecule has 0 aliphatic heterocycles. The molecule has 1 N–H and O–H groups in total. The van der Waals surface area contributed by atoms with Crippen LogP contribution in [0.15, 0.2) is 0 Å². The Morgan fingerprint density at radius 2 is 0.957 bits per heavy atom. The summed E-state index contributed by atoms with van der Waals surface area (Å²) in [5, 5.41) is 3.58. The average Bonchev–Trinajstić information content (AvgIpc) is 2.45. The number of nitrogens with zero attached hydrogens (tertiary/aromatic N) is 1. The van der Waals surface area contributed by atoms with Gasteiger partial charge < -0.3 is 26.8 Å². The normalized spacial score (nSPS) is 11.5. The van der Waals surface area contributed by atoms with E-state index in [0.717, 1.165) is 4.48 Å². The van der Waals surface area contributed by atoms with Crippen LogP contribution in [0.2, 0.25) is 0 Å². The van der Waals surface area contributed by atoms with Crippen LogP contribution in [0.1, 0.15) is 90.4 Å². The Morgan fingerprint density at radius 3 is 1.39 bits per heavy atom. The van der Waals surface area contributed by atoms with Gasteiger partial charge in [0.25, 0.3) is 0 Å². The van der Waals surface area contributed by atoms with Crippen LogP contribution in [0, 0.1) is 0 Å². The lowest BCUT2D eigenvalue weighted by atomic mass is 10.1. The molecule has 0 radical (unpaired) electrons. The second-order valence-electron chi connectivity index (χ2n) is 8.01. The summed E-state index contributed by atoms with van der Waals surface area (Å²) < 4.78 is 1.08. The first-order chi connectivity index (χ1) is 10.6. The van der Waals surface area contributed by atoms with Crippen molar-refractivity contribution in [2.45, 2.75) is 90.4 Å². The van der Waals surface area contributed by atoms with Crippen molar-refractivity contribution in [1.82, 2.24) is 5.32 Å². The van der Waals surface area contributed by atoms with Crippen LogP contribution >= 0.6 is 0 Å². The maximum Gasteiger partial charge on any atom is 0.0792 e. The van der Waals surface area contributed by atoms with E-state index < -0.39 is 0 Å². The van der Waals surface area contributed by atoms with E-state index in [1.807, 2.05) is 0 Å². The molecule has 3 heteroatoms. The van der Waals surface area contributed by atoms with E-state index in [4.69, 9.17) is 0 Å². The van der Waals surface area contributed by atoms with Gasteiger partial charge in [-0.1, -0.05) is 77.6 Å². The van der Waals surface area contributed by atoms with Crippen molar-refractivity contribution in [3.63, 3.8) is 0 Å². The van der Waals surface area contributed by atoms with Crippen LogP contribution < -0.4 is 22.3 Å². The van der Waals surface area contributed by atoms with Gasteiger partial charge in [0.2, 0.25) is 0 Å². The number of hydrogen-bond donors (Lipinski definition) is 1. The lowest BCUT2D eigenvalue weighted by molar-refractivity contribution is -0.870. The first-order valence-corrected chi connectivity index (χ1v) is 10.1. The Bertz CT molecular complexity index is 214. The highest BCUT2D eigenvalue weighted by atomic mass is 79.9. The number of nitrogens with one attached hydrogen (secondary N) is 1. The van der Waals surface area contributed by atoms with E-state index in [2.05, 4.69) is 33.4 Å². The molecule has 0 amide bonds. The Morgan fingerprint density at radius 1 is 0.565 bits per heavy atom. The SMILES string of the molecule is CCCCCCCCCCCCCCNCCC[N+](C)(C)C.[Br-]. The summed E-state index contributed by atoms with van der Waals surface area (Å²) in [6, 6.07) is 0. The third-order valence-corrected chi connectivity index (χ3v) is 4.39. The van der Waals surface area contributed by atoms with Crippen molar-refractivity contribution in [3.05, 3.63) is 0 Å². The molecule has 0 aromatic heterocycles. The summed E-state index contributed by atoms with van der Waals surface area (Å²) in [6.07, 6.45) is 18.6. The van der Waals surface area contributed by atoms with E-state index in [0.29, 0.717) is 0 Å². The molecule has 0 spiro atoms. The third-order valence-electron chi connectivity index (χ3n) is 4.39. The fourth-order valence-corrected chi connectivity index (χ4v) is 2.89. The summed E-state index contributed by atoms with van der Waals surface area (Å²) in [5.41, 5.74) is 0. The second-order valence-corrected chi connectivity index (χ2v) is 8.01. The summed E-state index contributed by atoms with van der Waals surface area (Å²) in [4.78, 5) is 0. The molecule has 0 bridgehead atoms. The molecule has 142 valence electrons. The minimum Gasteiger partial charge on any atom is -1.00 e. The van der Waals surface area contributed by atoms with Gasteiger partial charge >= 0.3 is 0 Å². The van der Waals surface area contributed by atoms with Gasteiger partial charge in [0.05, 0.1) is 27.7 Å². The molecule has 0 aromatic carbocycles. The molecular weight excluding hydrogens is 348 g/mol. The van der Waals surface area contributed by atoms with Crippen molar-refractivity contribution in [2.24, 2.45) is 0 Å². The van der Waals surface area contributed by atoms with Gasteiger partial charge in [0.15, 0.2) is 0 Å². The number of unbranched alkanes of at least 4 members (excludes halogenated alkanes) is 11. The van der Waals surface area contributed by atoms with Gasteiger partial charge in [-0.2, -0.15) is 0 Å². The van der Waals surface area contributed by atoms with E-state index in [1.165, 1.54) is 103 Å². The fourth-order valence-electron chi connectivity index (χ4n) is 2.89. The second kappa shape index (κ2) is 18.7. The Hall–Kier alpha value is 0.400. The summed E-state index contributed by atoms with van der Waals surface area (Å²) in [7, 11) is 6.81. The van der Waals surface area contributed by atoms with Gasteiger partial charge in [0.1, 0.15) is 0 Å². The van der Waals surface area contributed by atoms with E-state index in [1.54, 1.807) is 0 Å². The predicted molar refractivity (Wildman–Crippen MR) is 101 cm³/mol.